The van der Waals surface area contributed by atoms with Gasteiger partial charge in [-0.05, 0) is 56.4 Å². The first-order valence-corrected chi connectivity index (χ1v) is 9.66. The number of nitrogens with one attached hydrogen (secondary N) is 1. The molecule has 0 aromatic heterocycles. The molecular weight excluding hydrogens is 314 g/mol. The summed E-state index contributed by atoms with van der Waals surface area (Å²) in [4.78, 5) is 11.7. The molecule has 3 aliphatic rings. The van der Waals surface area contributed by atoms with E-state index in [4.69, 9.17) is 9.47 Å². The van der Waals surface area contributed by atoms with Gasteiger partial charge < -0.3 is 14.8 Å². The Labute approximate surface area is 150 Å². The summed E-state index contributed by atoms with van der Waals surface area (Å²) in [5, 5.41) is 3.20. The molecule has 0 bridgehead atoms. The number of hydrogen-bond acceptors (Lipinski definition) is 3. The highest BCUT2D eigenvalue weighted by molar-refractivity contribution is 5.73. The highest BCUT2D eigenvalue weighted by Crippen LogP contribution is 2.43. The summed E-state index contributed by atoms with van der Waals surface area (Å²) in [5.41, 5.74) is 2.37. The molecule has 1 N–H and O–H groups in total. The summed E-state index contributed by atoms with van der Waals surface area (Å²) in [5.74, 6) is 1.53. The number of carbonyl (C=O) groups excluding carboxylic acids is 1. The van der Waals surface area contributed by atoms with Crippen molar-refractivity contribution < 1.29 is 14.3 Å². The van der Waals surface area contributed by atoms with E-state index in [0.717, 1.165) is 31.4 Å². The molecule has 4 atom stereocenters. The standard InChI is InChI=1S/C21H29NO3/c1-13(23)22-17-11-20(24-19-7-5-4-6-16(17)19)14-8-9-18-15(10-14)12-21(2,3)25-18/h8-10,16-17,19-20H,4-7,11-12H2,1-3H3,(H,22,23)/t16-,17+,19+,20+/m0/s1. The summed E-state index contributed by atoms with van der Waals surface area (Å²) in [6.07, 6.45) is 6.87. The number of benzene rings is 1. The smallest absolute Gasteiger partial charge is 0.217 e. The summed E-state index contributed by atoms with van der Waals surface area (Å²) in [7, 11) is 0. The Morgan fingerprint density at radius 2 is 2.04 bits per heavy atom. The number of carbonyl (C=O) groups is 1. The van der Waals surface area contributed by atoms with E-state index in [1.807, 2.05) is 0 Å². The Bertz CT molecular complexity index is 669. The van der Waals surface area contributed by atoms with Gasteiger partial charge in [-0.15, -0.1) is 0 Å². The second-order valence-electron chi connectivity index (χ2n) is 8.56. The number of hydrogen-bond donors (Lipinski definition) is 1. The second-order valence-corrected chi connectivity index (χ2v) is 8.56. The Kier molecular flexibility index (Phi) is 4.27. The predicted molar refractivity (Wildman–Crippen MR) is 96.6 cm³/mol. The maximum atomic E-state index is 11.7. The van der Waals surface area contributed by atoms with Gasteiger partial charge in [0.2, 0.25) is 5.91 Å². The van der Waals surface area contributed by atoms with Gasteiger partial charge in [0.25, 0.3) is 0 Å². The SMILES string of the molecule is CC(=O)N[C@@H]1C[C@H](c2ccc3c(c2)CC(C)(C)O3)O[C@@H]2CCCC[C@@H]12. The predicted octanol–water partition coefficient (Wildman–Crippen LogP) is 3.93. The largest absolute Gasteiger partial charge is 0.487 e. The van der Waals surface area contributed by atoms with Crippen molar-refractivity contribution in [3.63, 3.8) is 0 Å². The molecule has 136 valence electrons. The first-order chi connectivity index (χ1) is 11.9. The van der Waals surface area contributed by atoms with Crippen molar-refractivity contribution >= 4 is 5.91 Å². The van der Waals surface area contributed by atoms with Crippen LogP contribution in [0.25, 0.3) is 0 Å². The molecule has 0 radical (unpaired) electrons. The molecule has 1 aromatic rings. The van der Waals surface area contributed by atoms with Crippen LogP contribution in [-0.2, 0) is 16.0 Å². The van der Waals surface area contributed by atoms with Crippen molar-refractivity contribution in [3.05, 3.63) is 29.3 Å². The molecule has 1 saturated heterocycles. The molecule has 0 spiro atoms. The van der Waals surface area contributed by atoms with Gasteiger partial charge in [-0.1, -0.05) is 18.9 Å². The zero-order valence-corrected chi connectivity index (χ0v) is 15.5. The molecule has 4 heteroatoms. The zero-order chi connectivity index (χ0) is 17.6. The van der Waals surface area contributed by atoms with Crippen LogP contribution in [0, 0.1) is 5.92 Å². The van der Waals surface area contributed by atoms with Gasteiger partial charge in [-0.25, -0.2) is 0 Å². The summed E-state index contributed by atoms with van der Waals surface area (Å²) in [6.45, 7) is 5.88. The molecule has 2 fully saturated rings. The van der Waals surface area contributed by atoms with Gasteiger partial charge in [0.15, 0.2) is 0 Å². The quantitative estimate of drug-likeness (QED) is 0.885. The van der Waals surface area contributed by atoms with E-state index in [9.17, 15) is 4.79 Å². The molecule has 0 unspecified atom stereocenters. The van der Waals surface area contributed by atoms with E-state index < -0.39 is 0 Å². The van der Waals surface area contributed by atoms with Crippen LogP contribution >= 0.6 is 0 Å². The maximum absolute atomic E-state index is 11.7. The average Bonchev–Trinajstić information content (AvgIpc) is 2.87. The fourth-order valence-electron chi connectivity index (χ4n) is 4.90. The van der Waals surface area contributed by atoms with Crippen LogP contribution < -0.4 is 10.1 Å². The molecule has 2 aliphatic heterocycles. The molecule has 1 aliphatic carbocycles. The van der Waals surface area contributed by atoms with Crippen molar-refractivity contribution in [3.8, 4) is 5.75 Å². The van der Waals surface area contributed by atoms with Gasteiger partial charge in [0.1, 0.15) is 11.4 Å². The highest BCUT2D eigenvalue weighted by Gasteiger charge is 2.41. The lowest BCUT2D eigenvalue weighted by molar-refractivity contribution is -0.131. The summed E-state index contributed by atoms with van der Waals surface area (Å²) < 4.78 is 12.5. The molecule has 4 nitrogen and oxygen atoms in total. The molecule has 1 amide bonds. The number of amides is 1. The summed E-state index contributed by atoms with van der Waals surface area (Å²) in [6, 6.07) is 6.70. The van der Waals surface area contributed by atoms with Crippen molar-refractivity contribution in [1.82, 2.24) is 5.32 Å². The first kappa shape index (κ1) is 16.9. The van der Waals surface area contributed by atoms with Crippen LogP contribution in [-0.4, -0.2) is 23.7 Å². The minimum Gasteiger partial charge on any atom is -0.487 e. The topological polar surface area (TPSA) is 47.6 Å². The Morgan fingerprint density at radius 1 is 1.24 bits per heavy atom. The summed E-state index contributed by atoms with van der Waals surface area (Å²) >= 11 is 0. The molecule has 25 heavy (non-hydrogen) atoms. The fraction of sp³-hybridized carbons (Fsp3) is 0.667. The minimum atomic E-state index is -0.123. The molecule has 1 aromatic carbocycles. The third-order valence-corrected chi connectivity index (χ3v) is 5.92. The van der Waals surface area contributed by atoms with E-state index in [2.05, 4.69) is 37.4 Å². The van der Waals surface area contributed by atoms with Crippen LogP contribution in [0.1, 0.15) is 70.1 Å². The van der Waals surface area contributed by atoms with E-state index in [1.54, 1.807) is 6.92 Å². The van der Waals surface area contributed by atoms with Crippen LogP contribution in [0.3, 0.4) is 0 Å². The van der Waals surface area contributed by atoms with Crippen LogP contribution in [0.5, 0.6) is 5.75 Å². The van der Waals surface area contributed by atoms with Gasteiger partial charge in [0.05, 0.1) is 12.2 Å². The normalized spacial score (nSPS) is 33.1. The lowest BCUT2D eigenvalue weighted by Crippen LogP contribution is -2.50. The van der Waals surface area contributed by atoms with E-state index >= 15 is 0 Å². The lowest BCUT2D eigenvalue weighted by Gasteiger charge is -2.45. The van der Waals surface area contributed by atoms with Crippen molar-refractivity contribution in [2.24, 2.45) is 5.92 Å². The average molecular weight is 343 g/mol. The Hall–Kier alpha value is -1.55. The van der Waals surface area contributed by atoms with E-state index in [0.29, 0.717) is 5.92 Å². The second kappa shape index (κ2) is 6.31. The fourth-order valence-corrected chi connectivity index (χ4v) is 4.90. The first-order valence-electron chi connectivity index (χ1n) is 9.66. The minimum absolute atomic E-state index is 0.0604. The number of ether oxygens (including phenoxy) is 2. The molecular formula is C21H29NO3. The molecule has 4 rings (SSSR count). The van der Waals surface area contributed by atoms with E-state index in [-0.39, 0.29) is 29.8 Å². The Morgan fingerprint density at radius 3 is 2.84 bits per heavy atom. The monoisotopic (exact) mass is 343 g/mol. The lowest BCUT2D eigenvalue weighted by atomic mass is 9.76. The van der Waals surface area contributed by atoms with Crippen LogP contribution in [0.2, 0.25) is 0 Å². The number of fused-ring (bicyclic) bond motifs is 2. The highest BCUT2D eigenvalue weighted by atomic mass is 16.5. The molecule has 2 heterocycles. The van der Waals surface area contributed by atoms with E-state index in [1.165, 1.54) is 24.0 Å². The zero-order valence-electron chi connectivity index (χ0n) is 15.5. The van der Waals surface area contributed by atoms with Gasteiger partial charge in [-0.2, -0.15) is 0 Å². The van der Waals surface area contributed by atoms with Crippen LogP contribution in [0.15, 0.2) is 18.2 Å². The van der Waals surface area contributed by atoms with Crippen molar-refractivity contribution in [2.45, 2.75) is 83.1 Å². The number of rotatable bonds is 2. The molecule has 1 saturated carbocycles. The van der Waals surface area contributed by atoms with Crippen molar-refractivity contribution in [2.75, 3.05) is 0 Å². The van der Waals surface area contributed by atoms with Gasteiger partial charge in [0, 0.05) is 25.3 Å². The van der Waals surface area contributed by atoms with Crippen LogP contribution in [0.4, 0.5) is 0 Å². The van der Waals surface area contributed by atoms with Crippen molar-refractivity contribution in [1.29, 1.82) is 0 Å². The van der Waals surface area contributed by atoms with Gasteiger partial charge >= 0.3 is 0 Å². The third-order valence-electron chi connectivity index (χ3n) is 5.92. The Balaban J connectivity index is 1.57. The third kappa shape index (κ3) is 3.41. The van der Waals surface area contributed by atoms with Gasteiger partial charge in [-0.3, -0.25) is 4.79 Å². The maximum Gasteiger partial charge on any atom is 0.217 e.